The predicted octanol–water partition coefficient (Wildman–Crippen LogP) is 3.83. The summed E-state index contributed by atoms with van der Waals surface area (Å²) >= 11 is 0. The highest BCUT2D eigenvalue weighted by Gasteiger charge is 2.27. The molecule has 1 heterocycles. The smallest absolute Gasteiger partial charge is 0.319 e. The molecule has 2 N–H and O–H groups in total. The molecule has 2 amide bonds. The van der Waals surface area contributed by atoms with Crippen LogP contribution in [0.5, 0.6) is 0 Å². The number of nitrogens with one attached hydrogen (secondary N) is 2. The number of benzene rings is 1. The van der Waals surface area contributed by atoms with Crippen LogP contribution in [0, 0.1) is 13.8 Å². The molecule has 0 aromatic heterocycles. The maximum absolute atomic E-state index is 12.2. The summed E-state index contributed by atoms with van der Waals surface area (Å²) in [5.41, 5.74) is 3.22. The standard InChI is InChI=1S/C19H29N3O/c1-14-7-8-18(15(2)13-14)21-19(23)20-16-9-11-22(12-10-16)17-5-3-4-6-17/h7-8,13,16-17H,3-6,9-12H2,1-2H3,(H2,20,21,23). The van der Waals surface area contributed by atoms with Gasteiger partial charge in [0.1, 0.15) is 0 Å². The summed E-state index contributed by atoms with van der Waals surface area (Å²) in [6.07, 6.45) is 7.65. The molecule has 2 fully saturated rings. The number of carbonyl (C=O) groups excluding carboxylic acids is 1. The number of carbonyl (C=O) groups is 1. The Kier molecular flexibility index (Phi) is 5.21. The van der Waals surface area contributed by atoms with E-state index in [-0.39, 0.29) is 6.03 Å². The first-order valence-electron chi connectivity index (χ1n) is 9.00. The van der Waals surface area contributed by atoms with Crippen molar-refractivity contribution in [2.24, 2.45) is 0 Å². The Bertz CT molecular complexity index is 544. The van der Waals surface area contributed by atoms with E-state index >= 15 is 0 Å². The molecule has 1 saturated carbocycles. The van der Waals surface area contributed by atoms with E-state index in [2.05, 4.69) is 28.5 Å². The summed E-state index contributed by atoms with van der Waals surface area (Å²) in [4.78, 5) is 14.9. The van der Waals surface area contributed by atoms with Gasteiger partial charge in [-0.3, -0.25) is 0 Å². The average molecular weight is 315 g/mol. The summed E-state index contributed by atoms with van der Waals surface area (Å²) < 4.78 is 0. The second-order valence-corrected chi connectivity index (χ2v) is 7.17. The van der Waals surface area contributed by atoms with Gasteiger partial charge in [0, 0.05) is 30.9 Å². The van der Waals surface area contributed by atoms with Crippen LogP contribution >= 0.6 is 0 Å². The lowest BCUT2D eigenvalue weighted by molar-refractivity contribution is 0.147. The fourth-order valence-corrected chi connectivity index (χ4v) is 3.98. The first-order valence-corrected chi connectivity index (χ1v) is 9.00. The topological polar surface area (TPSA) is 44.4 Å². The van der Waals surface area contributed by atoms with E-state index in [0.717, 1.165) is 43.2 Å². The zero-order valence-corrected chi connectivity index (χ0v) is 14.4. The number of nitrogens with zero attached hydrogens (tertiary/aromatic N) is 1. The van der Waals surface area contributed by atoms with Crippen molar-refractivity contribution in [1.82, 2.24) is 10.2 Å². The van der Waals surface area contributed by atoms with Crippen molar-refractivity contribution in [3.05, 3.63) is 29.3 Å². The lowest BCUT2D eigenvalue weighted by Crippen LogP contribution is -2.48. The second kappa shape index (κ2) is 7.35. The number of piperidine rings is 1. The molecule has 3 rings (SSSR count). The van der Waals surface area contributed by atoms with Gasteiger partial charge in [-0.25, -0.2) is 4.79 Å². The maximum Gasteiger partial charge on any atom is 0.319 e. The lowest BCUT2D eigenvalue weighted by atomic mass is 10.0. The Labute approximate surface area is 139 Å². The second-order valence-electron chi connectivity index (χ2n) is 7.17. The van der Waals surface area contributed by atoms with E-state index in [1.807, 2.05) is 19.1 Å². The molecular weight excluding hydrogens is 286 g/mol. The van der Waals surface area contributed by atoms with Crippen LogP contribution in [0.3, 0.4) is 0 Å². The molecule has 0 atom stereocenters. The highest BCUT2D eigenvalue weighted by molar-refractivity contribution is 5.90. The molecule has 23 heavy (non-hydrogen) atoms. The van der Waals surface area contributed by atoms with Crippen LogP contribution in [0.2, 0.25) is 0 Å². The van der Waals surface area contributed by atoms with Gasteiger partial charge in [0.15, 0.2) is 0 Å². The fraction of sp³-hybridized carbons (Fsp3) is 0.632. The van der Waals surface area contributed by atoms with Gasteiger partial charge in [-0.2, -0.15) is 0 Å². The number of urea groups is 1. The number of likely N-dealkylation sites (tertiary alicyclic amines) is 1. The normalized spacial score (nSPS) is 20.6. The van der Waals surface area contributed by atoms with Crippen molar-refractivity contribution in [3.8, 4) is 0 Å². The summed E-state index contributed by atoms with van der Waals surface area (Å²) in [5.74, 6) is 0. The van der Waals surface area contributed by atoms with E-state index in [1.54, 1.807) is 0 Å². The van der Waals surface area contributed by atoms with Crippen LogP contribution in [-0.4, -0.2) is 36.1 Å². The fourth-order valence-electron chi connectivity index (χ4n) is 3.98. The first-order chi connectivity index (χ1) is 11.1. The van der Waals surface area contributed by atoms with Crippen molar-refractivity contribution in [1.29, 1.82) is 0 Å². The molecule has 2 aliphatic rings. The Morgan fingerprint density at radius 3 is 2.43 bits per heavy atom. The van der Waals surface area contributed by atoms with Gasteiger partial charge in [-0.1, -0.05) is 30.5 Å². The number of anilines is 1. The van der Waals surface area contributed by atoms with Crippen molar-refractivity contribution in [2.45, 2.75) is 64.5 Å². The molecule has 0 radical (unpaired) electrons. The monoisotopic (exact) mass is 315 g/mol. The molecule has 4 heteroatoms. The van der Waals surface area contributed by atoms with E-state index in [4.69, 9.17) is 0 Å². The highest BCUT2D eigenvalue weighted by Crippen LogP contribution is 2.26. The van der Waals surface area contributed by atoms with Crippen molar-refractivity contribution < 1.29 is 4.79 Å². The van der Waals surface area contributed by atoms with E-state index in [9.17, 15) is 4.79 Å². The molecule has 0 spiro atoms. The molecule has 1 aliphatic heterocycles. The van der Waals surface area contributed by atoms with Gasteiger partial charge in [-0.05, 0) is 51.2 Å². The predicted molar refractivity (Wildman–Crippen MR) is 94.9 cm³/mol. The van der Waals surface area contributed by atoms with Gasteiger partial charge in [0.2, 0.25) is 0 Å². The van der Waals surface area contributed by atoms with Crippen molar-refractivity contribution in [2.75, 3.05) is 18.4 Å². The van der Waals surface area contributed by atoms with Gasteiger partial charge >= 0.3 is 6.03 Å². The molecule has 126 valence electrons. The quantitative estimate of drug-likeness (QED) is 0.890. The molecular formula is C19H29N3O. The van der Waals surface area contributed by atoms with E-state index in [0.29, 0.717) is 6.04 Å². The van der Waals surface area contributed by atoms with Gasteiger partial charge in [0.25, 0.3) is 0 Å². The summed E-state index contributed by atoms with van der Waals surface area (Å²) in [7, 11) is 0. The minimum Gasteiger partial charge on any atom is -0.335 e. The van der Waals surface area contributed by atoms with E-state index in [1.165, 1.54) is 31.2 Å². The van der Waals surface area contributed by atoms with Crippen LogP contribution in [0.4, 0.5) is 10.5 Å². The Morgan fingerprint density at radius 1 is 1.09 bits per heavy atom. The minimum atomic E-state index is -0.0729. The molecule has 4 nitrogen and oxygen atoms in total. The minimum absolute atomic E-state index is 0.0729. The molecule has 1 aromatic carbocycles. The van der Waals surface area contributed by atoms with Gasteiger partial charge in [-0.15, -0.1) is 0 Å². The molecule has 1 aromatic rings. The number of hydrogen-bond donors (Lipinski definition) is 2. The molecule has 0 bridgehead atoms. The Hall–Kier alpha value is -1.55. The highest BCUT2D eigenvalue weighted by atomic mass is 16.2. The molecule has 0 unspecified atom stereocenters. The first kappa shape index (κ1) is 16.3. The Balaban J connectivity index is 1.45. The maximum atomic E-state index is 12.2. The third kappa shape index (κ3) is 4.25. The molecule has 1 saturated heterocycles. The van der Waals surface area contributed by atoms with E-state index < -0.39 is 0 Å². The lowest BCUT2D eigenvalue weighted by Gasteiger charge is -2.36. The Morgan fingerprint density at radius 2 is 1.78 bits per heavy atom. The number of amides is 2. The van der Waals surface area contributed by atoms with Crippen molar-refractivity contribution in [3.63, 3.8) is 0 Å². The third-order valence-corrected chi connectivity index (χ3v) is 5.34. The van der Waals surface area contributed by atoms with Crippen LogP contribution in [0.1, 0.15) is 49.7 Å². The third-order valence-electron chi connectivity index (χ3n) is 5.34. The van der Waals surface area contributed by atoms with Crippen molar-refractivity contribution >= 4 is 11.7 Å². The average Bonchev–Trinajstić information content (AvgIpc) is 3.05. The molecule has 1 aliphatic carbocycles. The number of aryl methyl sites for hydroxylation is 2. The summed E-state index contributed by atoms with van der Waals surface area (Å²) in [6.45, 7) is 6.34. The SMILES string of the molecule is Cc1ccc(NC(=O)NC2CCN(C3CCCC3)CC2)c(C)c1. The number of hydrogen-bond acceptors (Lipinski definition) is 2. The zero-order chi connectivity index (χ0) is 16.2. The number of rotatable bonds is 3. The van der Waals surface area contributed by atoms with Crippen LogP contribution < -0.4 is 10.6 Å². The summed E-state index contributed by atoms with van der Waals surface area (Å²) in [5, 5.41) is 6.13. The zero-order valence-electron chi connectivity index (χ0n) is 14.4. The van der Waals surface area contributed by atoms with Crippen LogP contribution in [0.25, 0.3) is 0 Å². The van der Waals surface area contributed by atoms with Gasteiger partial charge in [0.05, 0.1) is 0 Å². The van der Waals surface area contributed by atoms with Gasteiger partial charge < -0.3 is 15.5 Å². The summed E-state index contributed by atoms with van der Waals surface area (Å²) in [6, 6.07) is 7.14. The van der Waals surface area contributed by atoms with Crippen LogP contribution in [-0.2, 0) is 0 Å². The largest absolute Gasteiger partial charge is 0.335 e. The van der Waals surface area contributed by atoms with Crippen LogP contribution in [0.15, 0.2) is 18.2 Å².